The van der Waals surface area contributed by atoms with Crippen molar-refractivity contribution < 1.29 is 9.53 Å². The molecule has 0 radical (unpaired) electrons. The predicted molar refractivity (Wildman–Crippen MR) is 73.6 cm³/mol. The van der Waals surface area contributed by atoms with Crippen molar-refractivity contribution in [2.75, 3.05) is 6.61 Å². The molecular formula is C16H28O2. The van der Waals surface area contributed by atoms with Crippen molar-refractivity contribution in [3.8, 4) is 0 Å². The molecule has 0 N–H and O–H groups in total. The minimum atomic E-state index is -0.399. The highest BCUT2D eigenvalue weighted by molar-refractivity contribution is 5.90. The number of ketones is 1. The van der Waals surface area contributed by atoms with Gasteiger partial charge in [-0.25, -0.2) is 0 Å². The summed E-state index contributed by atoms with van der Waals surface area (Å²) in [4.78, 5) is 13.0. The highest BCUT2D eigenvalue weighted by Gasteiger charge is 2.46. The Morgan fingerprint density at radius 2 is 1.78 bits per heavy atom. The summed E-state index contributed by atoms with van der Waals surface area (Å²) in [5.41, 5.74) is -0.399. The number of ether oxygens (including phenoxy) is 1. The van der Waals surface area contributed by atoms with E-state index in [0.29, 0.717) is 18.3 Å². The molecule has 0 spiro atoms. The van der Waals surface area contributed by atoms with Gasteiger partial charge < -0.3 is 4.74 Å². The smallest absolute Gasteiger partial charge is 0.167 e. The lowest BCUT2D eigenvalue weighted by atomic mass is 9.71. The number of carbonyl (C=O) groups excluding carboxylic acids is 1. The van der Waals surface area contributed by atoms with E-state index in [2.05, 4.69) is 6.92 Å². The van der Waals surface area contributed by atoms with Gasteiger partial charge in [0.1, 0.15) is 5.60 Å². The van der Waals surface area contributed by atoms with Crippen LogP contribution in [0, 0.1) is 11.8 Å². The van der Waals surface area contributed by atoms with Crippen LogP contribution in [-0.4, -0.2) is 18.0 Å². The topological polar surface area (TPSA) is 26.3 Å². The summed E-state index contributed by atoms with van der Waals surface area (Å²) in [6.07, 6.45) is 10.3. The molecule has 0 saturated heterocycles. The predicted octanol–water partition coefficient (Wildman–Crippen LogP) is 4.12. The number of hydrogen-bond donors (Lipinski definition) is 0. The first-order valence-electron chi connectivity index (χ1n) is 7.91. The molecule has 2 aliphatic rings. The van der Waals surface area contributed by atoms with E-state index >= 15 is 0 Å². The minimum Gasteiger partial charge on any atom is -0.367 e. The van der Waals surface area contributed by atoms with Crippen LogP contribution in [0.25, 0.3) is 0 Å². The van der Waals surface area contributed by atoms with Crippen molar-refractivity contribution in [1.82, 2.24) is 0 Å². The van der Waals surface area contributed by atoms with Crippen LogP contribution < -0.4 is 0 Å². The Balaban J connectivity index is 2.11. The Morgan fingerprint density at radius 3 is 2.39 bits per heavy atom. The first-order chi connectivity index (χ1) is 8.73. The van der Waals surface area contributed by atoms with Crippen LogP contribution >= 0.6 is 0 Å². The van der Waals surface area contributed by atoms with Crippen LogP contribution in [-0.2, 0) is 9.53 Å². The zero-order valence-corrected chi connectivity index (χ0v) is 12.0. The summed E-state index contributed by atoms with van der Waals surface area (Å²) in [5.74, 6) is 1.35. The van der Waals surface area contributed by atoms with Crippen LogP contribution in [0.15, 0.2) is 0 Å². The highest BCUT2D eigenvalue weighted by Crippen LogP contribution is 2.42. The molecule has 0 aromatic rings. The largest absolute Gasteiger partial charge is 0.367 e. The third kappa shape index (κ3) is 2.64. The molecular weight excluding hydrogens is 224 g/mol. The first kappa shape index (κ1) is 14.0. The molecule has 2 rings (SSSR count). The summed E-state index contributed by atoms with van der Waals surface area (Å²) in [5, 5.41) is 0. The number of Topliss-reactive ketones (excluding diaryl/α,β-unsaturated/α-hetero) is 1. The van der Waals surface area contributed by atoms with Gasteiger partial charge in [-0.15, -0.1) is 0 Å². The average Bonchev–Trinajstić information content (AvgIpc) is 2.88. The fraction of sp³-hybridized carbons (Fsp3) is 0.938. The van der Waals surface area contributed by atoms with Crippen LogP contribution in [0.1, 0.15) is 71.6 Å². The maximum Gasteiger partial charge on any atom is 0.167 e. The molecule has 104 valence electrons. The van der Waals surface area contributed by atoms with Gasteiger partial charge >= 0.3 is 0 Å². The van der Waals surface area contributed by atoms with Crippen LogP contribution in [0.3, 0.4) is 0 Å². The summed E-state index contributed by atoms with van der Waals surface area (Å²) < 4.78 is 5.95. The Labute approximate surface area is 111 Å². The maximum absolute atomic E-state index is 13.0. The third-order valence-corrected chi connectivity index (χ3v) is 5.05. The lowest BCUT2D eigenvalue weighted by molar-refractivity contribution is -0.151. The van der Waals surface area contributed by atoms with E-state index in [4.69, 9.17) is 4.74 Å². The quantitative estimate of drug-likeness (QED) is 0.735. The van der Waals surface area contributed by atoms with Gasteiger partial charge in [0.2, 0.25) is 0 Å². The van der Waals surface area contributed by atoms with Gasteiger partial charge in [-0.2, -0.15) is 0 Å². The maximum atomic E-state index is 13.0. The van der Waals surface area contributed by atoms with Crippen LogP contribution in [0.5, 0.6) is 0 Å². The second-order valence-corrected chi connectivity index (χ2v) is 6.06. The summed E-state index contributed by atoms with van der Waals surface area (Å²) >= 11 is 0. The monoisotopic (exact) mass is 252 g/mol. The standard InChI is InChI=1S/C16H28O2/c1-3-13-9-5-6-10-14(13)15(17)16(18-4-2)11-7-8-12-16/h13-14H,3-12H2,1-2H3. The Morgan fingerprint density at radius 1 is 1.11 bits per heavy atom. The molecule has 0 amide bonds. The molecule has 2 nitrogen and oxygen atoms in total. The molecule has 2 unspecified atom stereocenters. The normalized spacial score (nSPS) is 31.4. The van der Waals surface area contributed by atoms with E-state index in [0.717, 1.165) is 38.5 Å². The zero-order chi connectivity index (χ0) is 13.0. The highest BCUT2D eigenvalue weighted by atomic mass is 16.5. The number of hydrogen-bond acceptors (Lipinski definition) is 2. The van der Waals surface area contributed by atoms with Gasteiger partial charge in [0, 0.05) is 12.5 Å². The van der Waals surface area contributed by atoms with Gasteiger partial charge in [-0.05, 0) is 51.4 Å². The van der Waals surface area contributed by atoms with Crippen molar-refractivity contribution in [3.05, 3.63) is 0 Å². The molecule has 2 saturated carbocycles. The molecule has 0 bridgehead atoms. The fourth-order valence-electron chi connectivity index (χ4n) is 4.06. The molecule has 0 heterocycles. The molecule has 18 heavy (non-hydrogen) atoms. The molecule has 2 fully saturated rings. The SMILES string of the molecule is CCOC1(C(=O)C2CCCCC2CC)CCCC1. The molecule has 0 aliphatic heterocycles. The van der Waals surface area contributed by atoms with E-state index in [-0.39, 0.29) is 5.92 Å². The Bertz CT molecular complexity index is 279. The van der Waals surface area contributed by atoms with Gasteiger partial charge in [0.15, 0.2) is 5.78 Å². The molecule has 0 aromatic carbocycles. The second-order valence-electron chi connectivity index (χ2n) is 6.06. The van der Waals surface area contributed by atoms with Gasteiger partial charge in [0.25, 0.3) is 0 Å². The van der Waals surface area contributed by atoms with E-state index < -0.39 is 5.60 Å². The lowest BCUT2D eigenvalue weighted by Gasteiger charge is -2.37. The number of rotatable bonds is 5. The van der Waals surface area contributed by atoms with Crippen molar-refractivity contribution in [1.29, 1.82) is 0 Å². The van der Waals surface area contributed by atoms with Crippen molar-refractivity contribution >= 4 is 5.78 Å². The van der Waals surface area contributed by atoms with Crippen molar-refractivity contribution in [2.24, 2.45) is 11.8 Å². The average molecular weight is 252 g/mol. The van der Waals surface area contributed by atoms with E-state index in [1.807, 2.05) is 6.92 Å². The fourth-order valence-corrected chi connectivity index (χ4v) is 4.06. The molecule has 2 atom stereocenters. The van der Waals surface area contributed by atoms with Gasteiger partial charge in [-0.3, -0.25) is 4.79 Å². The zero-order valence-electron chi connectivity index (χ0n) is 12.0. The third-order valence-electron chi connectivity index (χ3n) is 5.05. The Hall–Kier alpha value is -0.370. The Kier molecular flexibility index (Phi) is 4.83. The minimum absolute atomic E-state index is 0.286. The van der Waals surface area contributed by atoms with Crippen molar-refractivity contribution in [3.63, 3.8) is 0 Å². The summed E-state index contributed by atoms with van der Waals surface area (Å²) in [6.45, 7) is 4.93. The molecule has 2 heteroatoms. The number of carbonyl (C=O) groups is 1. The molecule has 2 aliphatic carbocycles. The van der Waals surface area contributed by atoms with Crippen LogP contribution in [0.4, 0.5) is 0 Å². The molecule has 0 aromatic heterocycles. The lowest BCUT2D eigenvalue weighted by Crippen LogP contribution is -2.45. The first-order valence-corrected chi connectivity index (χ1v) is 7.91. The second kappa shape index (κ2) is 6.18. The van der Waals surface area contributed by atoms with Gasteiger partial charge in [0.05, 0.1) is 0 Å². The van der Waals surface area contributed by atoms with E-state index in [9.17, 15) is 4.79 Å². The van der Waals surface area contributed by atoms with E-state index in [1.54, 1.807) is 0 Å². The summed E-state index contributed by atoms with van der Waals surface area (Å²) in [7, 11) is 0. The van der Waals surface area contributed by atoms with E-state index in [1.165, 1.54) is 19.3 Å². The van der Waals surface area contributed by atoms with Gasteiger partial charge in [-0.1, -0.05) is 26.2 Å². The summed E-state index contributed by atoms with van der Waals surface area (Å²) in [6, 6.07) is 0. The van der Waals surface area contributed by atoms with Crippen molar-refractivity contribution in [2.45, 2.75) is 77.2 Å². The van der Waals surface area contributed by atoms with Crippen LogP contribution in [0.2, 0.25) is 0 Å².